The minimum Gasteiger partial charge on any atom is -0.337 e. The van der Waals surface area contributed by atoms with Gasteiger partial charge >= 0.3 is 0 Å². The summed E-state index contributed by atoms with van der Waals surface area (Å²) in [6, 6.07) is 6.52. The van der Waals surface area contributed by atoms with Gasteiger partial charge in [0.05, 0.1) is 11.7 Å². The fourth-order valence-electron chi connectivity index (χ4n) is 3.37. The lowest BCUT2D eigenvalue weighted by atomic mass is 10.1. The average molecular weight is 310 g/mol. The zero-order valence-corrected chi connectivity index (χ0v) is 13.6. The van der Waals surface area contributed by atoms with Gasteiger partial charge in [-0.2, -0.15) is 0 Å². The predicted molar refractivity (Wildman–Crippen MR) is 89.2 cm³/mol. The molecule has 4 heterocycles. The number of aryl methyl sites for hydroxylation is 2. The van der Waals surface area contributed by atoms with Gasteiger partial charge < -0.3 is 14.3 Å². The Kier molecular flexibility index (Phi) is 3.63. The quantitative estimate of drug-likeness (QED) is 0.797. The summed E-state index contributed by atoms with van der Waals surface area (Å²) >= 11 is 0. The van der Waals surface area contributed by atoms with Crippen LogP contribution in [0.5, 0.6) is 0 Å². The van der Waals surface area contributed by atoms with E-state index in [-0.39, 0.29) is 6.04 Å². The van der Waals surface area contributed by atoms with Crippen LogP contribution in [0.25, 0.3) is 5.65 Å². The van der Waals surface area contributed by atoms with Crippen LogP contribution in [0.15, 0.2) is 36.8 Å². The number of nitrogens with one attached hydrogen (secondary N) is 1. The van der Waals surface area contributed by atoms with Crippen LogP contribution in [-0.4, -0.2) is 43.5 Å². The van der Waals surface area contributed by atoms with Crippen molar-refractivity contribution in [3.05, 3.63) is 54.0 Å². The molecule has 0 aromatic carbocycles. The maximum absolute atomic E-state index is 4.78. The number of rotatable bonds is 3. The molecule has 1 aliphatic rings. The lowest BCUT2D eigenvalue weighted by Crippen LogP contribution is -2.46. The first-order valence-electron chi connectivity index (χ1n) is 8.08. The molecule has 0 spiro atoms. The van der Waals surface area contributed by atoms with Gasteiger partial charge in [-0.3, -0.25) is 4.90 Å². The number of hydrogen-bond acceptors (Lipinski definition) is 4. The van der Waals surface area contributed by atoms with Gasteiger partial charge in [0.2, 0.25) is 0 Å². The van der Waals surface area contributed by atoms with Crippen molar-refractivity contribution in [3.8, 4) is 0 Å². The maximum Gasteiger partial charge on any atom is 0.137 e. The molecule has 4 rings (SSSR count). The standard InChI is InChI=1S/C17H22N6/c1-13-4-3-5-16-20-14(12-23(13)16)11-22-9-6-18-10-15(22)17-19-7-8-21(17)2/h3-5,7-8,12,15,18H,6,9-11H2,1-2H3. The number of nitrogens with zero attached hydrogens (tertiary/aromatic N) is 5. The van der Waals surface area contributed by atoms with Crippen molar-refractivity contribution < 1.29 is 0 Å². The van der Waals surface area contributed by atoms with E-state index < -0.39 is 0 Å². The van der Waals surface area contributed by atoms with Crippen LogP contribution < -0.4 is 5.32 Å². The van der Waals surface area contributed by atoms with Gasteiger partial charge in [0, 0.05) is 57.5 Å². The first kappa shape index (κ1) is 14.4. The van der Waals surface area contributed by atoms with E-state index in [1.807, 2.05) is 12.4 Å². The Morgan fingerprint density at radius 3 is 3.04 bits per heavy atom. The van der Waals surface area contributed by atoms with Crippen LogP contribution in [0.1, 0.15) is 23.3 Å². The van der Waals surface area contributed by atoms with E-state index in [0.29, 0.717) is 0 Å². The van der Waals surface area contributed by atoms with Crippen LogP contribution in [0, 0.1) is 6.92 Å². The van der Waals surface area contributed by atoms with Crippen LogP contribution in [-0.2, 0) is 13.6 Å². The van der Waals surface area contributed by atoms with Gasteiger partial charge in [-0.1, -0.05) is 6.07 Å². The van der Waals surface area contributed by atoms with E-state index in [1.54, 1.807) is 0 Å². The zero-order chi connectivity index (χ0) is 15.8. The number of aromatic nitrogens is 4. The Morgan fingerprint density at radius 2 is 2.26 bits per heavy atom. The number of hydrogen-bond donors (Lipinski definition) is 1. The molecule has 0 amide bonds. The molecule has 1 atom stereocenters. The van der Waals surface area contributed by atoms with Gasteiger partial charge in [0.25, 0.3) is 0 Å². The van der Waals surface area contributed by atoms with Crippen molar-refractivity contribution in [1.82, 2.24) is 29.2 Å². The second kappa shape index (κ2) is 5.79. The summed E-state index contributed by atoms with van der Waals surface area (Å²) < 4.78 is 4.27. The van der Waals surface area contributed by atoms with Gasteiger partial charge in [-0.05, 0) is 19.1 Å². The van der Waals surface area contributed by atoms with E-state index in [0.717, 1.165) is 43.3 Å². The van der Waals surface area contributed by atoms with Gasteiger partial charge in [0.1, 0.15) is 11.5 Å². The first-order chi connectivity index (χ1) is 11.2. The Labute approximate surface area is 135 Å². The summed E-state index contributed by atoms with van der Waals surface area (Å²) in [5, 5.41) is 3.48. The van der Waals surface area contributed by atoms with Crippen LogP contribution in [0.4, 0.5) is 0 Å². The van der Waals surface area contributed by atoms with Crippen molar-refractivity contribution in [2.24, 2.45) is 7.05 Å². The molecular formula is C17H22N6. The van der Waals surface area contributed by atoms with Crippen LogP contribution in [0.3, 0.4) is 0 Å². The molecule has 0 bridgehead atoms. The highest BCUT2D eigenvalue weighted by Gasteiger charge is 2.27. The molecule has 3 aromatic heterocycles. The monoisotopic (exact) mass is 310 g/mol. The third kappa shape index (κ3) is 2.64. The van der Waals surface area contributed by atoms with E-state index in [2.05, 4.69) is 62.5 Å². The fourth-order valence-corrected chi connectivity index (χ4v) is 3.37. The fraction of sp³-hybridized carbons (Fsp3) is 0.412. The summed E-state index contributed by atoms with van der Waals surface area (Å²) in [4.78, 5) is 11.8. The highest BCUT2D eigenvalue weighted by atomic mass is 15.3. The lowest BCUT2D eigenvalue weighted by Gasteiger charge is -2.35. The smallest absolute Gasteiger partial charge is 0.137 e. The summed E-state index contributed by atoms with van der Waals surface area (Å²) in [6.45, 7) is 5.90. The summed E-state index contributed by atoms with van der Waals surface area (Å²) in [5.74, 6) is 1.11. The lowest BCUT2D eigenvalue weighted by molar-refractivity contribution is 0.143. The first-order valence-corrected chi connectivity index (χ1v) is 8.08. The molecule has 1 saturated heterocycles. The molecule has 120 valence electrons. The number of fused-ring (bicyclic) bond motifs is 1. The van der Waals surface area contributed by atoms with E-state index >= 15 is 0 Å². The summed E-state index contributed by atoms with van der Waals surface area (Å²) in [7, 11) is 2.06. The van der Waals surface area contributed by atoms with Gasteiger partial charge in [-0.25, -0.2) is 9.97 Å². The molecule has 0 aliphatic carbocycles. The zero-order valence-electron chi connectivity index (χ0n) is 13.6. The van der Waals surface area contributed by atoms with Crippen LogP contribution in [0.2, 0.25) is 0 Å². The Hall–Kier alpha value is -2.18. The van der Waals surface area contributed by atoms with Crippen molar-refractivity contribution >= 4 is 5.65 Å². The number of imidazole rings is 2. The Morgan fingerprint density at radius 1 is 1.35 bits per heavy atom. The molecule has 1 fully saturated rings. The van der Waals surface area contributed by atoms with Gasteiger partial charge in [-0.15, -0.1) is 0 Å². The van der Waals surface area contributed by atoms with E-state index in [4.69, 9.17) is 4.98 Å². The molecule has 1 aliphatic heterocycles. The molecule has 6 nitrogen and oxygen atoms in total. The highest BCUT2D eigenvalue weighted by molar-refractivity contribution is 5.41. The van der Waals surface area contributed by atoms with Crippen molar-refractivity contribution in [1.29, 1.82) is 0 Å². The van der Waals surface area contributed by atoms with E-state index in [1.165, 1.54) is 5.69 Å². The highest BCUT2D eigenvalue weighted by Crippen LogP contribution is 2.22. The van der Waals surface area contributed by atoms with E-state index in [9.17, 15) is 0 Å². The van der Waals surface area contributed by atoms with Crippen molar-refractivity contribution in [2.75, 3.05) is 19.6 Å². The van der Waals surface area contributed by atoms with Crippen molar-refractivity contribution in [2.45, 2.75) is 19.5 Å². The third-order valence-corrected chi connectivity index (χ3v) is 4.62. The second-order valence-corrected chi connectivity index (χ2v) is 6.21. The predicted octanol–water partition coefficient (Wildman–Crippen LogP) is 1.52. The molecule has 1 N–H and O–H groups in total. The molecular weight excluding hydrogens is 288 g/mol. The number of piperazine rings is 1. The summed E-state index contributed by atoms with van der Waals surface area (Å²) in [5.41, 5.74) is 3.34. The second-order valence-electron chi connectivity index (χ2n) is 6.21. The molecule has 1 unspecified atom stereocenters. The SMILES string of the molecule is Cc1cccc2nc(CN3CCNCC3c3nccn3C)cn12. The Bertz CT molecular complexity index is 817. The minimum atomic E-state index is 0.287. The molecule has 0 saturated carbocycles. The normalized spacial score (nSPS) is 19.5. The third-order valence-electron chi connectivity index (χ3n) is 4.62. The average Bonchev–Trinajstić information content (AvgIpc) is 3.15. The minimum absolute atomic E-state index is 0.287. The number of pyridine rings is 1. The Balaban J connectivity index is 1.62. The molecule has 3 aromatic rings. The van der Waals surface area contributed by atoms with Crippen molar-refractivity contribution in [3.63, 3.8) is 0 Å². The topological polar surface area (TPSA) is 50.4 Å². The maximum atomic E-state index is 4.78. The summed E-state index contributed by atoms with van der Waals surface area (Å²) in [6.07, 6.45) is 6.04. The largest absolute Gasteiger partial charge is 0.337 e. The molecule has 23 heavy (non-hydrogen) atoms. The molecule has 0 radical (unpaired) electrons. The van der Waals surface area contributed by atoms with Gasteiger partial charge in [0.15, 0.2) is 0 Å². The van der Waals surface area contributed by atoms with Crippen LogP contribution >= 0.6 is 0 Å². The molecule has 6 heteroatoms.